The molecule has 2 heteroatoms. The molecule has 0 saturated heterocycles. The lowest BCUT2D eigenvalue weighted by Crippen LogP contribution is -2.22. The predicted molar refractivity (Wildman–Crippen MR) is 53.2 cm³/mol. The van der Waals surface area contributed by atoms with Crippen LogP contribution in [0.5, 0.6) is 0 Å². The highest BCUT2D eigenvalue weighted by molar-refractivity contribution is 5.27. The van der Waals surface area contributed by atoms with Gasteiger partial charge < -0.3 is 10.8 Å². The lowest BCUT2D eigenvalue weighted by molar-refractivity contribution is 0.256. The normalized spacial score (nSPS) is 38.6. The van der Waals surface area contributed by atoms with Crippen LogP contribution in [0, 0.1) is 11.3 Å². The molecule has 13 heavy (non-hydrogen) atoms. The van der Waals surface area contributed by atoms with Crippen molar-refractivity contribution in [3.63, 3.8) is 0 Å². The van der Waals surface area contributed by atoms with E-state index in [0.717, 1.165) is 13.0 Å². The second kappa shape index (κ2) is 3.43. The summed E-state index contributed by atoms with van der Waals surface area (Å²) in [5, 5.41) is 9.12. The van der Waals surface area contributed by atoms with Gasteiger partial charge in [-0.05, 0) is 38.0 Å². The fourth-order valence-corrected chi connectivity index (χ4v) is 2.68. The Hall–Kier alpha value is -0.340. The Morgan fingerprint density at radius 1 is 1.54 bits per heavy atom. The minimum atomic E-state index is 0.217. The number of rotatable bonds is 3. The van der Waals surface area contributed by atoms with Crippen LogP contribution in [0.15, 0.2) is 11.6 Å². The Kier molecular flexibility index (Phi) is 2.43. The van der Waals surface area contributed by atoms with Crippen LogP contribution in [0.25, 0.3) is 0 Å². The van der Waals surface area contributed by atoms with E-state index >= 15 is 0 Å². The van der Waals surface area contributed by atoms with Crippen molar-refractivity contribution in [3.05, 3.63) is 11.6 Å². The van der Waals surface area contributed by atoms with E-state index in [4.69, 9.17) is 10.8 Å². The van der Waals surface area contributed by atoms with E-state index < -0.39 is 0 Å². The zero-order valence-corrected chi connectivity index (χ0v) is 8.13. The molecule has 0 aliphatic heterocycles. The van der Waals surface area contributed by atoms with E-state index in [0.29, 0.717) is 12.5 Å². The third-order valence-electron chi connectivity index (χ3n) is 3.75. The Balaban J connectivity index is 2.09. The highest BCUT2D eigenvalue weighted by Crippen LogP contribution is 2.58. The van der Waals surface area contributed by atoms with E-state index in [1.165, 1.54) is 25.7 Å². The van der Waals surface area contributed by atoms with Crippen molar-refractivity contribution in [2.75, 3.05) is 13.2 Å². The number of hydrogen-bond donors (Lipinski definition) is 2. The van der Waals surface area contributed by atoms with Crippen molar-refractivity contribution in [2.24, 2.45) is 17.1 Å². The summed E-state index contributed by atoms with van der Waals surface area (Å²) >= 11 is 0. The molecule has 1 saturated carbocycles. The van der Waals surface area contributed by atoms with Gasteiger partial charge >= 0.3 is 0 Å². The first kappa shape index (κ1) is 9.22. The van der Waals surface area contributed by atoms with Gasteiger partial charge in [-0.2, -0.15) is 0 Å². The lowest BCUT2D eigenvalue weighted by atomic mass is 9.85. The Morgan fingerprint density at radius 2 is 2.38 bits per heavy atom. The topological polar surface area (TPSA) is 46.2 Å². The average Bonchev–Trinajstić information content (AvgIpc) is 2.94. The van der Waals surface area contributed by atoms with Gasteiger partial charge in [0.2, 0.25) is 0 Å². The van der Waals surface area contributed by atoms with Crippen molar-refractivity contribution in [3.8, 4) is 0 Å². The molecule has 0 bridgehead atoms. The molecule has 74 valence electrons. The molecular weight excluding hydrogens is 162 g/mol. The first-order valence-electron chi connectivity index (χ1n) is 5.34. The van der Waals surface area contributed by atoms with Crippen LogP contribution >= 0.6 is 0 Å². The molecule has 2 unspecified atom stereocenters. The SMILES string of the molecule is NCC1(C2=CCCCC2)CC1CO. The third-order valence-corrected chi connectivity index (χ3v) is 3.75. The van der Waals surface area contributed by atoms with Gasteiger partial charge in [-0.15, -0.1) is 0 Å². The lowest BCUT2D eigenvalue weighted by Gasteiger charge is -2.22. The number of aliphatic hydroxyl groups is 1. The molecule has 2 rings (SSSR count). The zero-order chi connectivity index (χ0) is 9.31. The molecular formula is C11H19NO. The van der Waals surface area contributed by atoms with Gasteiger partial charge in [0, 0.05) is 18.6 Å². The van der Waals surface area contributed by atoms with Gasteiger partial charge in [-0.1, -0.05) is 11.6 Å². The number of nitrogens with two attached hydrogens (primary N) is 1. The molecule has 0 spiro atoms. The summed E-state index contributed by atoms with van der Waals surface area (Å²) < 4.78 is 0. The summed E-state index contributed by atoms with van der Waals surface area (Å²) in [5.41, 5.74) is 7.57. The van der Waals surface area contributed by atoms with Gasteiger partial charge in [0.25, 0.3) is 0 Å². The summed E-state index contributed by atoms with van der Waals surface area (Å²) in [5.74, 6) is 0.460. The van der Waals surface area contributed by atoms with Crippen LogP contribution in [0.3, 0.4) is 0 Å². The molecule has 2 aliphatic rings. The van der Waals surface area contributed by atoms with Crippen molar-refractivity contribution in [1.29, 1.82) is 0 Å². The van der Waals surface area contributed by atoms with E-state index in [1.807, 2.05) is 0 Å². The quantitative estimate of drug-likeness (QED) is 0.647. The molecule has 0 aromatic rings. The fourth-order valence-electron chi connectivity index (χ4n) is 2.68. The van der Waals surface area contributed by atoms with E-state index in [-0.39, 0.29) is 5.41 Å². The average molecular weight is 181 g/mol. The zero-order valence-electron chi connectivity index (χ0n) is 8.13. The molecule has 0 amide bonds. The molecule has 2 nitrogen and oxygen atoms in total. The van der Waals surface area contributed by atoms with Gasteiger partial charge in [-0.25, -0.2) is 0 Å². The summed E-state index contributed by atoms with van der Waals surface area (Å²) in [6.45, 7) is 1.04. The summed E-state index contributed by atoms with van der Waals surface area (Å²) in [6.07, 6.45) is 8.56. The van der Waals surface area contributed by atoms with Crippen LogP contribution in [0.1, 0.15) is 32.1 Å². The second-order valence-corrected chi connectivity index (χ2v) is 4.42. The minimum absolute atomic E-state index is 0.217. The van der Waals surface area contributed by atoms with Gasteiger partial charge in [0.1, 0.15) is 0 Å². The summed E-state index contributed by atoms with van der Waals surface area (Å²) in [4.78, 5) is 0. The monoisotopic (exact) mass is 181 g/mol. The Bertz CT molecular complexity index is 224. The van der Waals surface area contributed by atoms with Gasteiger partial charge in [-0.3, -0.25) is 0 Å². The molecule has 2 atom stereocenters. The van der Waals surface area contributed by atoms with E-state index in [1.54, 1.807) is 5.57 Å². The minimum Gasteiger partial charge on any atom is -0.396 e. The number of allylic oxidation sites excluding steroid dienone is 1. The molecule has 3 N–H and O–H groups in total. The second-order valence-electron chi connectivity index (χ2n) is 4.42. The van der Waals surface area contributed by atoms with Crippen LogP contribution in [-0.2, 0) is 0 Å². The van der Waals surface area contributed by atoms with Crippen molar-refractivity contribution in [2.45, 2.75) is 32.1 Å². The number of hydrogen-bond acceptors (Lipinski definition) is 2. The van der Waals surface area contributed by atoms with Gasteiger partial charge in [0.05, 0.1) is 0 Å². The Morgan fingerprint density at radius 3 is 2.85 bits per heavy atom. The number of aliphatic hydroxyl groups excluding tert-OH is 1. The summed E-state index contributed by atoms with van der Waals surface area (Å²) in [7, 11) is 0. The largest absolute Gasteiger partial charge is 0.396 e. The van der Waals surface area contributed by atoms with Crippen molar-refractivity contribution >= 4 is 0 Å². The highest BCUT2D eigenvalue weighted by atomic mass is 16.3. The fraction of sp³-hybridized carbons (Fsp3) is 0.818. The standard InChI is InChI=1S/C11H19NO/c12-8-11(6-10(11)7-13)9-4-2-1-3-5-9/h4,10,13H,1-3,5-8,12H2. The maximum absolute atomic E-state index is 9.12. The predicted octanol–water partition coefficient (Wildman–Crippen LogP) is 1.44. The van der Waals surface area contributed by atoms with Crippen molar-refractivity contribution in [1.82, 2.24) is 0 Å². The van der Waals surface area contributed by atoms with E-state index in [9.17, 15) is 0 Å². The molecule has 0 radical (unpaired) electrons. The molecule has 0 heterocycles. The first-order valence-corrected chi connectivity index (χ1v) is 5.34. The van der Waals surface area contributed by atoms with Crippen LogP contribution in [0.2, 0.25) is 0 Å². The first-order chi connectivity index (χ1) is 6.33. The van der Waals surface area contributed by atoms with E-state index in [2.05, 4.69) is 6.08 Å². The van der Waals surface area contributed by atoms with Crippen LogP contribution < -0.4 is 5.73 Å². The van der Waals surface area contributed by atoms with Crippen LogP contribution in [-0.4, -0.2) is 18.3 Å². The summed E-state index contributed by atoms with van der Waals surface area (Å²) in [6, 6.07) is 0. The third kappa shape index (κ3) is 1.42. The smallest absolute Gasteiger partial charge is 0.0468 e. The molecule has 2 aliphatic carbocycles. The van der Waals surface area contributed by atoms with Crippen LogP contribution in [0.4, 0.5) is 0 Å². The Labute approximate surface area is 79.8 Å². The van der Waals surface area contributed by atoms with Gasteiger partial charge in [0.15, 0.2) is 0 Å². The molecule has 0 aromatic heterocycles. The maximum Gasteiger partial charge on any atom is 0.0468 e. The molecule has 1 fully saturated rings. The van der Waals surface area contributed by atoms with Crippen molar-refractivity contribution < 1.29 is 5.11 Å². The molecule has 0 aromatic carbocycles. The maximum atomic E-state index is 9.12. The highest BCUT2D eigenvalue weighted by Gasteiger charge is 2.54.